The van der Waals surface area contributed by atoms with E-state index < -0.39 is 0 Å². The van der Waals surface area contributed by atoms with Crippen LogP contribution in [-0.4, -0.2) is 11.5 Å². The van der Waals surface area contributed by atoms with Gasteiger partial charge in [-0.1, -0.05) is 40.5 Å². The smallest absolute Gasteiger partial charge is 0.127 e. The Bertz CT molecular complexity index is 589. The van der Waals surface area contributed by atoms with E-state index >= 15 is 0 Å². The lowest BCUT2D eigenvalue weighted by molar-refractivity contribution is 0.503. The molecular weight excluding hydrogens is 355 g/mol. The summed E-state index contributed by atoms with van der Waals surface area (Å²) in [6.07, 6.45) is 3.18. The molecule has 5 heteroatoms. The largest absolute Gasteiger partial charge is 0.308 e. The molecule has 0 aliphatic carbocycles. The molecule has 0 bridgehead atoms. The Balaban J connectivity index is 2.21. The summed E-state index contributed by atoms with van der Waals surface area (Å²) in [5, 5.41) is 4.01. The van der Waals surface area contributed by atoms with Crippen LogP contribution >= 0.6 is 27.5 Å². The summed E-state index contributed by atoms with van der Waals surface area (Å²) >= 11 is 9.15. The van der Waals surface area contributed by atoms with Crippen LogP contribution in [-0.2, 0) is 6.42 Å². The number of nitrogens with zero attached hydrogens (tertiary/aromatic N) is 1. The van der Waals surface area contributed by atoms with Crippen molar-refractivity contribution < 1.29 is 4.39 Å². The third-order valence-corrected chi connectivity index (χ3v) is 3.90. The van der Waals surface area contributed by atoms with Gasteiger partial charge < -0.3 is 5.32 Å². The summed E-state index contributed by atoms with van der Waals surface area (Å²) in [5.41, 5.74) is 1.54. The first-order valence-electron chi connectivity index (χ1n) is 6.89. The molecule has 0 fully saturated rings. The van der Waals surface area contributed by atoms with Crippen molar-refractivity contribution in [3.05, 3.63) is 63.1 Å². The fourth-order valence-corrected chi connectivity index (χ4v) is 2.55. The second kappa shape index (κ2) is 7.87. The molecule has 21 heavy (non-hydrogen) atoms. The van der Waals surface area contributed by atoms with Gasteiger partial charge in [0, 0.05) is 10.7 Å². The van der Waals surface area contributed by atoms with Gasteiger partial charge >= 0.3 is 0 Å². The van der Waals surface area contributed by atoms with Crippen molar-refractivity contribution >= 4 is 27.5 Å². The molecule has 0 amide bonds. The highest BCUT2D eigenvalue weighted by Crippen LogP contribution is 2.22. The zero-order valence-corrected chi connectivity index (χ0v) is 14.1. The van der Waals surface area contributed by atoms with Gasteiger partial charge in [0.15, 0.2) is 0 Å². The average Bonchev–Trinajstić information content (AvgIpc) is 2.46. The second-order valence-corrected chi connectivity index (χ2v) is 6.20. The fourth-order valence-electron chi connectivity index (χ4n) is 2.10. The van der Waals surface area contributed by atoms with E-state index in [-0.39, 0.29) is 11.9 Å². The molecule has 112 valence electrons. The highest BCUT2D eigenvalue weighted by Gasteiger charge is 2.15. The normalized spacial score (nSPS) is 12.4. The third kappa shape index (κ3) is 4.77. The third-order valence-electron chi connectivity index (χ3n) is 3.19. The van der Waals surface area contributed by atoms with Crippen molar-refractivity contribution in [2.24, 2.45) is 0 Å². The van der Waals surface area contributed by atoms with Crippen molar-refractivity contribution in [3.8, 4) is 0 Å². The quantitative estimate of drug-likeness (QED) is 0.779. The molecule has 1 atom stereocenters. The Morgan fingerprint density at radius 2 is 2.14 bits per heavy atom. The topological polar surface area (TPSA) is 24.9 Å². The molecule has 0 saturated carbocycles. The van der Waals surface area contributed by atoms with Crippen molar-refractivity contribution in [2.45, 2.75) is 25.8 Å². The standard InChI is InChI=1S/C16H17BrClFN2/c1-2-7-20-16(15-6-5-13(18)10-21-15)8-11-3-4-12(17)9-14(11)19/h3-6,9-10,16,20H,2,7-8H2,1H3. The van der Waals surface area contributed by atoms with E-state index in [4.69, 9.17) is 11.6 Å². The Hall–Kier alpha value is -0.970. The van der Waals surface area contributed by atoms with Gasteiger partial charge in [0.25, 0.3) is 0 Å². The van der Waals surface area contributed by atoms with Gasteiger partial charge in [-0.2, -0.15) is 0 Å². The van der Waals surface area contributed by atoms with E-state index in [1.165, 1.54) is 6.07 Å². The predicted molar refractivity (Wildman–Crippen MR) is 88.1 cm³/mol. The predicted octanol–water partition coefficient (Wildman–Crippen LogP) is 4.92. The Labute approximate surface area is 137 Å². The number of aromatic nitrogens is 1. The van der Waals surface area contributed by atoms with Crippen LogP contribution in [0.2, 0.25) is 5.02 Å². The van der Waals surface area contributed by atoms with Gasteiger partial charge in [0.2, 0.25) is 0 Å². The fraction of sp³-hybridized carbons (Fsp3) is 0.312. The highest BCUT2D eigenvalue weighted by atomic mass is 79.9. The van der Waals surface area contributed by atoms with Crippen LogP contribution in [0, 0.1) is 5.82 Å². The maximum absolute atomic E-state index is 14.0. The molecule has 0 saturated heterocycles. The van der Waals surface area contributed by atoms with Crippen LogP contribution in [0.4, 0.5) is 4.39 Å². The van der Waals surface area contributed by atoms with Crippen molar-refractivity contribution in [2.75, 3.05) is 6.54 Å². The summed E-state index contributed by atoms with van der Waals surface area (Å²) < 4.78 is 14.8. The van der Waals surface area contributed by atoms with Crippen LogP contribution < -0.4 is 5.32 Å². The number of hydrogen-bond donors (Lipinski definition) is 1. The number of halogens is 3. The second-order valence-electron chi connectivity index (χ2n) is 4.85. The van der Waals surface area contributed by atoms with E-state index in [9.17, 15) is 4.39 Å². The molecule has 0 aliphatic rings. The van der Waals surface area contributed by atoms with E-state index in [0.29, 0.717) is 17.0 Å². The summed E-state index contributed by atoms with van der Waals surface area (Å²) in [4.78, 5) is 4.35. The molecule has 2 nitrogen and oxygen atoms in total. The van der Waals surface area contributed by atoms with Crippen LogP contribution in [0.15, 0.2) is 41.0 Å². The lowest BCUT2D eigenvalue weighted by Crippen LogP contribution is -2.25. The first kappa shape index (κ1) is 16.4. The number of pyridine rings is 1. The van der Waals surface area contributed by atoms with E-state index in [1.807, 2.05) is 18.2 Å². The Kier molecular flexibility index (Phi) is 6.15. The van der Waals surface area contributed by atoms with Crippen molar-refractivity contribution in [3.63, 3.8) is 0 Å². The minimum absolute atomic E-state index is 0.0297. The van der Waals surface area contributed by atoms with Gasteiger partial charge in [0.1, 0.15) is 5.82 Å². The Morgan fingerprint density at radius 1 is 1.33 bits per heavy atom. The van der Waals surface area contributed by atoms with Crippen LogP contribution in [0.3, 0.4) is 0 Å². The maximum Gasteiger partial charge on any atom is 0.127 e. The molecule has 0 aliphatic heterocycles. The molecule has 1 heterocycles. The number of benzene rings is 1. The van der Waals surface area contributed by atoms with Crippen LogP contribution in [0.25, 0.3) is 0 Å². The molecule has 1 aromatic carbocycles. The lowest BCUT2D eigenvalue weighted by atomic mass is 10.0. The molecule has 2 rings (SSSR count). The van der Waals surface area contributed by atoms with Gasteiger partial charge in [-0.25, -0.2) is 4.39 Å². The van der Waals surface area contributed by atoms with Crippen LogP contribution in [0.1, 0.15) is 30.6 Å². The van der Waals surface area contributed by atoms with Crippen LogP contribution in [0.5, 0.6) is 0 Å². The zero-order valence-electron chi connectivity index (χ0n) is 11.7. The Morgan fingerprint density at radius 3 is 2.76 bits per heavy atom. The number of nitrogens with one attached hydrogen (secondary N) is 1. The summed E-state index contributed by atoms with van der Waals surface area (Å²) in [7, 11) is 0. The summed E-state index contributed by atoms with van der Waals surface area (Å²) in [6.45, 7) is 2.95. The number of hydrogen-bond acceptors (Lipinski definition) is 2. The zero-order chi connectivity index (χ0) is 15.2. The SMILES string of the molecule is CCCNC(Cc1ccc(Br)cc1F)c1ccc(Cl)cn1. The lowest BCUT2D eigenvalue weighted by Gasteiger charge is -2.18. The van der Waals surface area contributed by atoms with E-state index in [1.54, 1.807) is 12.3 Å². The summed E-state index contributed by atoms with van der Waals surface area (Å²) in [5.74, 6) is -0.207. The molecule has 0 spiro atoms. The summed E-state index contributed by atoms with van der Waals surface area (Å²) in [6, 6.07) is 8.80. The first-order chi connectivity index (χ1) is 10.1. The molecule has 1 N–H and O–H groups in total. The van der Waals surface area contributed by atoms with Crippen molar-refractivity contribution in [1.82, 2.24) is 10.3 Å². The van der Waals surface area contributed by atoms with Crippen molar-refractivity contribution in [1.29, 1.82) is 0 Å². The molecule has 2 aromatic rings. The molecule has 0 radical (unpaired) electrons. The number of rotatable bonds is 6. The van der Waals surface area contributed by atoms with E-state index in [2.05, 4.69) is 33.2 Å². The minimum atomic E-state index is -0.207. The minimum Gasteiger partial charge on any atom is -0.308 e. The first-order valence-corrected chi connectivity index (χ1v) is 8.06. The molecule has 1 unspecified atom stereocenters. The monoisotopic (exact) mass is 370 g/mol. The molecular formula is C16H17BrClFN2. The van der Waals surface area contributed by atoms with Gasteiger partial charge in [-0.05, 0) is 49.2 Å². The van der Waals surface area contributed by atoms with Gasteiger partial charge in [-0.3, -0.25) is 4.98 Å². The molecule has 1 aromatic heterocycles. The maximum atomic E-state index is 14.0. The highest BCUT2D eigenvalue weighted by molar-refractivity contribution is 9.10. The van der Waals surface area contributed by atoms with Gasteiger partial charge in [-0.15, -0.1) is 0 Å². The van der Waals surface area contributed by atoms with Gasteiger partial charge in [0.05, 0.1) is 16.8 Å². The van der Waals surface area contributed by atoms with E-state index in [0.717, 1.165) is 23.1 Å². The average molecular weight is 372 g/mol.